The Kier molecular flexibility index (Phi) is 5.86. The molecule has 0 amide bonds. The number of carbonyl (C=O) groups is 2. The van der Waals surface area contributed by atoms with Gasteiger partial charge in [0, 0.05) is 19.3 Å². The van der Waals surface area contributed by atoms with Crippen LogP contribution in [0.2, 0.25) is 0 Å². The Morgan fingerprint density at radius 3 is 2.52 bits per heavy atom. The molecule has 4 fully saturated rings. The number of Topliss-reactive ketones (excluding diaryl/α,β-unsaturated/α-hetero) is 1. The Bertz CT molecular complexity index is 845. The number of esters is 1. The van der Waals surface area contributed by atoms with Gasteiger partial charge in [0.1, 0.15) is 12.2 Å². The lowest BCUT2D eigenvalue weighted by Gasteiger charge is -2.58. The van der Waals surface area contributed by atoms with Gasteiger partial charge in [0.15, 0.2) is 5.78 Å². The van der Waals surface area contributed by atoms with Crippen molar-refractivity contribution in [2.24, 2.45) is 46.3 Å². The van der Waals surface area contributed by atoms with Crippen LogP contribution in [0.4, 0.5) is 0 Å². The molecular formula is C29H44O4. The Morgan fingerprint density at radius 1 is 1.06 bits per heavy atom. The van der Waals surface area contributed by atoms with E-state index in [0.717, 1.165) is 37.0 Å². The monoisotopic (exact) mass is 456 g/mol. The maximum absolute atomic E-state index is 12.5. The maximum atomic E-state index is 12.5. The van der Waals surface area contributed by atoms with Gasteiger partial charge < -0.3 is 9.47 Å². The van der Waals surface area contributed by atoms with E-state index in [4.69, 9.17) is 9.47 Å². The van der Waals surface area contributed by atoms with E-state index >= 15 is 0 Å². The summed E-state index contributed by atoms with van der Waals surface area (Å²) in [4.78, 5) is 24.0. The van der Waals surface area contributed by atoms with Crippen LogP contribution in [0.1, 0.15) is 92.9 Å². The number of epoxide rings is 1. The molecule has 0 N–H and O–H groups in total. The van der Waals surface area contributed by atoms with E-state index < -0.39 is 0 Å². The second-order valence-corrected chi connectivity index (χ2v) is 12.9. The average molecular weight is 457 g/mol. The molecule has 5 aliphatic rings. The van der Waals surface area contributed by atoms with Crippen molar-refractivity contribution in [3.63, 3.8) is 0 Å². The lowest BCUT2D eigenvalue weighted by Crippen LogP contribution is -2.51. The third kappa shape index (κ3) is 3.74. The predicted octanol–water partition coefficient (Wildman–Crippen LogP) is 6.13. The molecule has 4 nitrogen and oxygen atoms in total. The highest BCUT2D eigenvalue weighted by Gasteiger charge is 2.62. The third-order valence-electron chi connectivity index (χ3n) is 11.0. The summed E-state index contributed by atoms with van der Waals surface area (Å²) in [7, 11) is 0. The Labute approximate surface area is 200 Å². The van der Waals surface area contributed by atoms with Crippen LogP contribution >= 0.6 is 0 Å². The van der Waals surface area contributed by atoms with Gasteiger partial charge in [-0.3, -0.25) is 9.59 Å². The fraction of sp³-hybridized carbons (Fsp3) is 0.862. The van der Waals surface area contributed by atoms with Crippen molar-refractivity contribution >= 4 is 11.8 Å². The normalized spacial score (nSPS) is 47.1. The van der Waals surface area contributed by atoms with Crippen LogP contribution < -0.4 is 0 Å². The fourth-order valence-electron chi connectivity index (χ4n) is 9.18. The van der Waals surface area contributed by atoms with E-state index in [9.17, 15) is 9.59 Å². The number of fused-ring (bicyclic) bond motifs is 5. The standard InChI is InChI=1S/C29H44O4/c1-16(2)25(31)27-26(33-27)17(3)22-9-10-23-21-8-7-19-15-20(32-18(4)30)11-13-28(19,5)24(21)12-14-29(22,23)6/h7,16-17,20-24,26-27H,8-15H2,1-6H3/t17-,20-,21-,22+,23-,24-,26+,27+,28-,29+/m0/s1. The highest BCUT2D eigenvalue weighted by Crippen LogP contribution is 2.67. The first-order chi connectivity index (χ1) is 15.6. The molecule has 1 aliphatic heterocycles. The van der Waals surface area contributed by atoms with Gasteiger partial charge in [0.2, 0.25) is 0 Å². The van der Waals surface area contributed by atoms with Crippen molar-refractivity contribution in [3.8, 4) is 0 Å². The SMILES string of the molecule is CC(=O)O[C@H]1CC[C@@]2(C)C(=CC[C@H]3[C@@H]4CC[C@H]([C@H](C)[C@H]5O[C@@H]5C(=O)C(C)C)[C@@]4(C)CC[C@@H]32)C1. The molecule has 0 aromatic carbocycles. The van der Waals surface area contributed by atoms with E-state index in [1.54, 1.807) is 5.57 Å². The average Bonchev–Trinajstić information content (AvgIpc) is 3.47. The van der Waals surface area contributed by atoms with E-state index in [1.165, 1.54) is 39.0 Å². The summed E-state index contributed by atoms with van der Waals surface area (Å²) in [5, 5.41) is 0. The molecule has 3 saturated carbocycles. The van der Waals surface area contributed by atoms with Gasteiger partial charge in [-0.2, -0.15) is 0 Å². The third-order valence-corrected chi connectivity index (χ3v) is 11.0. The van der Waals surface area contributed by atoms with Crippen LogP contribution in [0.3, 0.4) is 0 Å². The number of ketones is 1. The highest BCUT2D eigenvalue weighted by molar-refractivity contribution is 5.87. The van der Waals surface area contributed by atoms with Gasteiger partial charge in [-0.1, -0.05) is 46.3 Å². The Morgan fingerprint density at radius 2 is 1.82 bits per heavy atom. The van der Waals surface area contributed by atoms with Crippen molar-refractivity contribution in [2.45, 2.75) is 111 Å². The first-order valence-corrected chi connectivity index (χ1v) is 13.6. The summed E-state index contributed by atoms with van der Waals surface area (Å²) in [6.45, 7) is 13.0. The minimum absolute atomic E-state index is 0.0643. The number of hydrogen-bond donors (Lipinski definition) is 0. The molecule has 1 saturated heterocycles. The molecule has 0 unspecified atom stereocenters. The van der Waals surface area contributed by atoms with Crippen LogP contribution in [0, 0.1) is 46.3 Å². The number of rotatable bonds is 5. The van der Waals surface area contributed by atoms with Crippen molar-refractivity contribution in [1.82, 2.24) is 0 Å². The fourth-order valence-corrected chi connectivity index (χ4v) is 9.18. The van der Waals surface area contributed by atoms with Crippen LogP contribution in [-0.4, -0.2) is 30.1 Å². The summed E-state index contributed by atoms with van der Waals surface area (Å²) >= 11 is 0. The number of ether oxygens (including phenoxy) is 2. The first kappa shape index (κ1) is 23.6. The summed E-state index contributed by atoms with van der Waals surface area (Å²) in [6.07, 6.45) is 12.1. The van der Waals surface area contributed by atoms with Gasteiger partial charge in [0.25, 0.3) is 0 Å². The minimum atomic E-state index is -0.148. The maximum Gasteiger partial charge on any atom is 0.302 e. The van der Waals surface area contributed by atoms with Gasteiger partial charge in [-0.05, 0) is 85.4 Å². The van der Waals surface area contributed by atoms with Crippen LogP contribution in [0.15, 0.2) is 11.6 Å². The summed E-state index contributed by atoms with van der Waals surface area (Å²) in [5.74, 6) is 3.65. The van der Waals surface area contributed by atoms with E-state index in [0.29, 0.717) is 17.3 Å². The number of allylic oxidation sites excluding steroid dienone is 1. The van der Waals surface area contributed by atoms with Crippen molar-refractivity contribution in [3.05, 3.63) is 11.6 Å². The minimum Gasteiger partial charge on any atom is -0.462 e. The molecule has 0 radical (unpaired) electrons. The van der Waals surface area contributed by atoms with Crippen molar-refractivity contribution in [1.29, 1.82) is 0 Å². The topological polar surface area (TPSA) is 55.9 Å². The van der Waals surface area contributed by atoms with Crippen LogP contribution in [-0.2, 0) is 19.1 Å². The zero-order valence-electron chi connectivity index (χ0n) is 21.6. The highest BCUT2D eigenvalue weighted by atomic mass is 16.6. The van der Waals surface area contributed by atoms with Gasteiger partial charge in [0.05, 0.1) is 6.10 Å². The summed E-state index contributed by atoms with van der Waals surface area (Å²) in [5.41, 5.74) is 2.21. The summed E-state index contributed by atoms with van der Waals surface area (Å²) in [6, 6.07) is 0. The van der Waals surface area contributed by atoms with E-state index in [-0.39, 0.29) is 41.4 Å². The molecule has 4 heteroatoms. The number of carbonyl (C=O) groups excluding carboxylic acids is 2. The Hall–Kier alpha value is -1.16. The zero-order valence-corrected chi connectivity index (χ0v) is 21.6. The molecule has 10 atom stereocenters. The molecule has 33 heavy (non-hydrogen) atoms. The second-order valence-electron chi connectivity index (χ2n) is 12.9. The van der Waals surface area contributed by atoms with Gasteiger partial charge in [-0.15, -0.1) is 0 Å². The quantitative estimate of drug-likeness (QED) is 0.284. The molecule has 1 heterocycles. The molecule has 4 aliphatic carbocycles. The Balaban J connectivity index is 1.31. The largest absolute Gasteiger partial charge is 0.462 e. The lowest BCUT2D eigenvalue weighted by molar-refractivity contribution is -0.148. The van der Waals surface area contributed by atoms with E-state index in [2.05, 4.69) is 26.8 Å². The summed E-state index contributed by atoms with van der Waals surface area (Å²) < 4.78 is 11.6. The molecule has 0 spiro atoms. The zero-order chi connectivity index (χ0) is 23.7. The molecule has 0 aromatic rings. The smallest absolute Gasteiger partial charge is 0.302 e. The number of hydrogen-bond acceptors (Lipinski definition) is 4. The predicted molar refractivity (Wildman–Crippen MR) is 128 cm³/mol. The molecule has 184 valence electrons. The van der Waals surface area contributed by atoms with E-state index in [1.807, 2.05) is 13.8 Å². The van der Waals surface area contributed by atoms with Crippen molar-refractivity contribution < 1.29 is 19.1 Å². The van der Waals surface area contributed by atoms with Crippen LogP contribution in [0.5, 0.6) is 0 Å². The van der Waals surface area contributed by atoms with Crippen molar-refractivity contribution in [2.75, 3.05) is 0 Å². The second kappa shape index (κ2) is 8.21. The van der Waals surface area contributed by atoms with Gasteiger partial charge in [-0.25, -0.2) is 0 Å². The lowest BCUT2D eigenvalue weighted by atomic mass is 9.47. The molecule has 5 rings (SSSR count). The van der Waals surface area contributed by atoms with Gasteiger partial charge >= 0.3 is 5.97 Å². The molecule has 0 bridgehead atoms. The van der Waals surface area contributed by atoms with Crippen LogP contribution in [0.25, 0.3) is 0 Å². The molecular weight excluding hydrogens is 412 g/mol. The first-order valence-electron chi connectivity index (χ1n) is 13.6. The molecule has 0 aromatic heterocycles.